The zero-order valence-corrected chi connectivity index (χ0v) is 11.9. The molecule has 1 aromatic carbocycles. The number of likely N-dealkylation sites (tertiary alicyclic amines) is 1. The van der Waals surface area contributed by atoms with Gasteiger partial charge in [-0.05, 0) is 43.9 Å². The minimum Gasteiger partial charge on any atom is -0.497 e. The molecule has 2 atom stereocenters. The van der Waals surface area contributed by atoms with Crippen LogP contribution in [0.1, 0.15) is 37.8 Å². The fraction of sp³-hybridized carbons (Fsp3) is 0.625. The van der Waals surface area contributed by atoms with Crippen LogP contribution in [0.15, 0.2) is 24.3 Å². The minimum absolute atomic E-state index is 0.412. The van der Waals surface area contributed by atoms with Gasteiger partial charge in [0.25, 0.3) is 0 Å². The Labute approximate surface area is 115 Å². The van der Waals surface area contributed by atoms with Crippen molar-refractivity contribution in [3.63, 3.8) is 0 Å². The van der Waals surface area contributed by atoms with Crippen molar-refractivity contribution in [3.05, 3.63) is 29.8 Å². The molecule has 1 aliphatic heterocycles. The number of rotatable bonds is 5. The monoisotopic (exact) mass is 260 g/mol. The maximum atomic E-state index is 5.20. The highest BCUT2D eigenvalue weighted by molar-refractivity contribution is 5.28. The summed E-state index contributed by atoms with van der Waals surface area (Å²) < 4.78 is 5.20. The number of ether oxygens (including phenoxy) is 1. The predicted octanol–water partition coefficient (Wildman–Crippen LogP) is 2.58. The van der Waals surface area contributed by atoms with E-state index in [0.717, 1.165) is 11.8 Å². The van der Waals surface area contributed by atoms with E-state index >= 15 is 0 Å². The highest BCUT2D eigenvalue weighted by atomic mass is 16.5. The lowest BCUT2D eigenvalue weighted by atomic mass is 10.1. The largest absolute Gasteiger partial charge is 0.497 e. The number of nitrogens with one attached hydrogen (secondary N) is 1. The van der Waals surface area contributed by atoms with Crippen LogP contribution in [0.3, 0.4) is 0 Å². The van der Waals surface area contributed by atoms with Crippen LogP contribution in [0.5, 0.6) is 5.75 Å². The van der Waals surface area contributed by atoms with E-state index in [1.807, 2.05) is 12.1 Å². The predicted molar refractivity (Wildman–Crippen MR) is 77.5 cm³/mol. The molecule has 0 aromatic heterocycles. The first-order chi connectivity index (χ1) is 9.26. The summed E-state index contributed by atoms with van der Waals surface area (Å²) in [6, 6.07) is 10.4. The Morgan fingerprint density at radius 3 is 2.58 bits per heavy atom. The Balaban J connectivity index is 1.53. The standard InChI is InChI=1S/C16H24N2O/c1-12(13-3-7-16(19-2)8-4-13)17-14-9-10-18(11-14)15-5-6-15/h3-4,7-8,12,14-15,17H,5-6,9-11H2,1-2H3/t12-,14?/m1/s1. The molecule has 104 valence electrons. The third-order valence-corrected chi connectivity index (χ3v) is 4.38. The molecule has 1 aliphatic carbocycles. The first-order valence-corrected chi connectivity index (χ1v) is 7.40. The van der Waals surface area contributed by atoms with Gasteiger partial charge in [0.2, 0.25) is 0 Å². The van der Waals surface area contributed by atoms with Crippen LogP contribution < -0.4 is 10.1 Å². The lowest BCUT2D eigenvalue weighted by molar-refractivity contribution is 0.313. The lowest BCUT2D eigenvalue weighted by Gasteiger charge is -2.21. The van der Waals surface area contributed by atoms with Crippen molar-refractivity contribution in [1.29, 1.82) is 0 Å². The van der Waals surface area contributed by atoms with E-state index in [-0.39, 0.29) is 0 Å². The van der Waals surface area contributed by atoms with E-state index in [0.29, 0.717) is 12.1 Å². The molecule has 19 heavy (non-hydrogen) atoms. The molecule has 1 heterocycles. The van der Waals surface area contributed by atoms with Crippen molar-refractivity contribution in [2.24, 2.45) is 0 Å². The number of methoxy groups -OCH3 is 1. The van der Waals surface area contributed by atoms with E-state index in [2.05, 4.69) is 29.3 Å². The van der Waals surface area contributed by atoms with Crippen molar-refractivity contribution in [2.45, 2.75) is 44.3 Å². The first kappa shape index (κ1) is 12.9. The van der Waals surface area contributed by atoms with E-state index < -0.39 is 0 Å². The van der Waals surface area contributed by atoms with E-state index in [4.69, 9.17) is 4.74 Å². The van der Waals surface area contributed by atoms with Gasteiger partial charge in [-0.15, -0.1) is 0 Å². The molecule has 1 saturated carbocycles. The SMILES string of the molecule is COc1ccc([C@@H](C)NC2CCN(C3CC3)C2)cc1. The number of benzene rings is 1. The number of hydrogen-bond donors (Lipinski definition) is 1. The second-order valence-corrected chi connectivity index (χ2v) is 5.87. The summed E-state index contributed by atoms with van der Waals surface area (Å²) in [5.41, 5.74) is 1.34. The molecule has 3 heteroatoms. The molecule has 2 fully saturated rings. The van der Waals surface area contributed by atoms with Crippen molar-refractivity contribution in [3.8, 4) is 5.75 Å². The van der Waals surface area contributed by atoms with Crippen LogP contribution in [0.2, 0.25) is 0 Å². The van der Waals surface area contributed by atoms with E-state index in [1.165, 1.54) is 37.9 Å². The fourth-order valence-corrected chi connectivity index (χ4v) is 3.04. The van der Waals surface area contributed by atoms with E-state index in [9.17, 15) is 0 Å². The summed E-state index contributed by atoms with van der Waals surface area (Å²) >= 11 is 0. The van der Waals surface area contributed by atoms with E-state index in [1.54, 1.807) is 7.11 Å². The quantitative estimate of drug-likeness (QED) is 0.880. The van der Waals surface area contributed by atoms with Gasteiger partial charge in [-0.3, -0.25) is 4.90 Å². The Hall–Kier alpha value is -1.06. The molecule has 3 rings (SSSR count). The van der Waals surface area contributed by atoms with Crippen molar-refractivity contribution >= 4 is 0 Å². The second-order valence-electron chi connectivity index (χ2n) is 5.87. The van der Waals surface area contributed by atoms with Crippen LogP contribution in [-0.2, 0) is 0 Å². The topological polar surface area (TPSA) is 24.5 Å². The molecule has 2 aliphatic rings. The highest BCUT2D eigenvalue weighted by Crippen LogP contribution is 2.30. The maximum absolute atomic E-state index is 5.20. The third-order valence-electron chi connectivity index (χ3n) is 4.38. The fourth-order valence-electron chi connectivity index (χ4n) is 3.04. The molecule has 1 saturated heterocycles. The van der Waals surface area contributed by atoms with Crippen molar-refractivity contribution < 1.29 is 4.74 Å². The summed E-state index contributed by atoms with van der Waals surface area (Å²) in [6.45, 7) is 4.75. The molecule has 0 radical (unpaired) electrons. The van der Waals surface area contributed by atoms with Crippen LogP contribution >= 0.6 is 0 Å². The molecule has 0 amide bonds. The second kappa shape index (κ2) is 5.51. The summed E-state index contributed by atoms with van der Waals surface area (Å²) in [4.78, 5) is 2.65. The van der Waals surface area contributed by atoms with Gasteiger partial charge in [-0.2, -0.15) is 0 Å². The molecule has 1 aromatic rings. The molecule has 0 bridgehead atoms. The minimum atomic E-state index is 0.412. The normalized spacial score (nSPS) is 25.5. The average molecular weight is 260 g/mol. The third kappa shape index (κ3) is 3.10. The lowest BCUT2D eigenvalue weighted by Crippen LogP contribution is -2.34. The van der Waals surface area contributed by atoms with Crippen molar-refractivity contribution in [1.82, 2.24) is 10.2 Å². The van der Waals surface area contributed by atoms with Crippen LogP contribution in [0, 0.1) is 0 Å². The van der Waals surface area contributed by atoms with Gasteiger partial charge in [0.05, 0.1) is 7.11 Å². The number of nitrogens with zero attached hydrogens (tertiary/aromatic N) is 1. The molecular formula is C16H24N2O. The maximum Gasteiger partial charge on any atom is 0.118 e. The summed E-state index contributed by atoms with van der Waals surface area (Å²) in [7, 11) is 1.71. The van der Waals surface area contributed by atoms with Crippen LogP contribution in [0.25, 0.3) is 0 Å². The Kier molecular flexibility index (Phi) is 3.76. The van der Waals surface area contributed by atoms with Gasteiger partial charge in [-0.25, -0.2) is 0 Å². The molecule has 3 nitrogen and oxygen atoms in total. The highest BCUT2D eigenvalue weighted by Gasteiger charge is 2.34. The number of hydrogen-bond acceptors (Lipinski definition) is 3. The van der Waals surface area contributed by atoms with Gasteiger partial charge in [0.1, 0.15) is 5.75 Å². The van der Waals surface area contributed by atoms with Crippen molar-refractivity contribution in [2.75, 3.05) is 20.2 Å². The first-order valence-electron chi connectivity index (χ1n) is 7.40. The van der Waals surface area contributed by atoms with Gasteiger partial charge in [0, 0.05) is 31.2 Å². The average Bonchev–Trinajstić information content (AvgIpc) is 3.20. The summed E-state index contributed by atoms with van der Waals surface area (Å²) in [5, 5.41) is 3.76. The Morgan fingerprint density at radius 1 is 1.21 bits per heavy atom. The molecular weight excluding hydrogens is 236 g/mol. The van der Waals surface area contributed by atoms with Gasteiger partial charge in [0.15, 0.2) is 0 Å². The Bertz CT molecular complexity index is 413. The smallest absolute Gasteiger partial charge is 0.118 e. The van der Waals surface area contributed by atoms with Gasteiger partial charge >= 0.3 is 0 Å². The summed E-state index contributed by atoms with van der Waals surface area (Å²) in [6.07, 6.45) is 4.12. The summed E-state index contributed by atoms with van der Waals surface area (Å²) in [5.74, 6) is 0.928. The van der Waals surface area contributed by atoms with Gasteiger partial charge in [-0.1, -0.05) is 12.1 Å². The zero-order valence-electron chi connectivity index (χ0n) is 11.9. The zero-order chi connectivity index (χ0) is 13.2. The van der Waals surface area contributed by atoms with Crippen LogP contribution in [-0.4, -0.2) is 37.2 Å². The van der Waals surface area contributed by atoms with Gasteiger partial charge < -0.3 is 10.1 Å². The molecule has 0 spiro atoms. The Morgan fingerprint density at radius 2 is 1.95 bits per heavy atom. The molecule has 1 N–H and O–H groups in total. The van der Waals surface area contributed by atoms with Crippen LogP contribution in [0.4, 0.5) is 0 Å². The molecule has 1 unspecified atom stereocenters.